The van der Waals surface area contributed by atoms with E-state index in [1.807, 2.05) is 0 Å². The average molecular weight is 369 g/mol. The molecule has 4 rings (SSSR count). The lowest BCUT2D eigenvalue weighted by atomic mass is 9.86. The Kier molecular flexibility index (Phi) is 3.76. The average Bonchev–Trinajstić information content (AvgIpc) is 2.85. The highest BCUT2D eigenvalue weighted by Gasteiger charge is 2.55. The Morgan fingerprint density at radius 2 is 1.70 bits per heavy atom. The molecule has 9 heteroatoms. The van der Waals surface area contributed by atoms with Crippen LogP contribution >= 0.6 is 0 Å². The molecule has 2 aromatic rings. The predicted octanol–water partition coefficient (Wildman–Crippen LogP) is 0.422. The number of carbonyl (C=O) groups is 3. The molecule has 1 aromatic carbocycles. The number of nitrogens with zero attached hydrogens (tertiary/aromatic N) is 4. The van der Waals surface area contributed by atoms with E-state index in [1.165, 1.54) is 11.9 Å². The van der Waals surface area contributed by atoms with E-state index in [0.717, 1.165) is 4.90 Å². The maximum Gasteiger partial charge on any atom is 0.327 e. The number of carbonyl (C=O) groups excluding carboxylic acids is 3. The number of hydrogen-bond acceptors (Lipinski definition) is 5. The van der Waals surface area contributed by atoms with Gasteiger partial charge in [0.05, 0.1) is 5.39 Å². The van der Waals surface area contributed by atoms with Gasteiger partial charge in [-0.2, -0.15) is 5.10 Å². The Balaban J connectivity index is 1.60. The number of urea groups is 1. The van der Waals surface area contributed by atoms with Gasteiger partial charge in [0.2, 0.25) is 0 Å². The number of H-pyrrole nitrogens is 1. The van der Waals surface area contributed by atoms with E-state index in [-0.39, 0.29) is 29.1 Å². The number of hydrogen-bond donors (Lipinski definition) is 1. The van der Waals surface area contributed by atoms with E-state index < -0.39 is 5.54 Å². The fourth-order valence-electron chi connectivity index (χ4n) is 4.01. The van der Waals surface area contributed by atoms with Gasteiger partial charge in [-0.15, -0.1) is 0 Å². The third-order valence-corrected chi connectivity index (χ3v) is 5.70. The van der Waals surface area contributed by atoms with Gasteiger partial charge in [0.15, 0.2) is 5.69 Å². The molecule has 1 N–H and O–H groups in total. The highest BCUT2D eigenvalue weighted by Crippen LogP contribution is 2.35. The standard InChI is InChI=1S/C18H19N5O4/c1-21-16(26)18(22(2)17(21)27)7-9-23(10-8-18)15(25)13-11-5-3-4-6-12(11)14(24)20-19-13/h3-6H,7-10H2,1-2H3,(H,20,24). The first-order valence-electron chi connectivity index (χ1n) is 8.69. The van der Waals surface area contributed by atoms with Crippen LogP contribution in [0.1, 0.15) is 23.3 Å². The van der Waals surface area contributed by atoms with Gasteiger partial charge in [0.1, 0.15) is 5.54 Å². The number of benzene rings is 1. The minimum atomic E-state index is -0.886. The molecular weight excluding hydrogens is 350 g/mol. The molecule has 2 aliphatic rings. The van der Waals surface area contributed by atoms with E-state index in [0.29, 0.717) is 36.7 Å². The molecule has 140 valence electrons. The number of likely N-dealkylation sites (N-methyl/N-ethyl adjacent to an activating group) is 2. The van der Waals surface area contributed by atoms with Gasteiger partial charge in [0.25, 0.3) is 17.4 Å². The zero-order chi connectivity index (χ0) is 19.3. The van der Waals surface area contributed by atoms with Crippen molar-refractivity contribution in [2.75, 3.05) is 27.2 Å². The highest BCUT2D eigenvalue weighted by molar-refractivity contribution is 6.07. The summed E-state index contributed by atoms with van der Waals surface area (Å²) in [4.78, 5) is 53.8. The Hall–Kier alpha value is -3.23. The van der Waals surface area contributed by atoms with Crippen molar-refractivity contribution in [3.63, 3.8) is 0 Å². The van der Waals surface area contributed by atoms with Crippen LogP contribution in [0.4, 0.5) is 4.79 Å². The summed E-state index contributed by atoms with van der Waals surface area (Å²) >= 11 is 0. The van der Waals surface area contributed by atoms with Crippen molar-refractivity contribution in [1.82, 2.24) is 24.9 Å². The normalized spacial score (nSPS) is 19.4. The zero-order valence-corrected chi connectivity index (χ0v) is 15.1. The molecule has 2 saturated heterocycles. The molecule has 0 radical (unpaired) electrons. The van der Waals surface area contributed by atoms with Crippen LogP contribution in [0, 0.1) is 0 Å². The first kappa shape index (κ1) is 17.2. The summed E-state index contributed by atoms with van der Waals surface area (Å²) in [6.07, 6.45) is 0.733. The molecule has 1 aromatic heterocycles. The van der Waals surface area contributed by atoms with Crippen molar-refractivity contribution >= 4 is 28.6 Å². The van der Waals surface area contributed by atoms with Crippen molar-refractivity contribution in [2.24, 2.45) is 0 Å². The molecule has 2 fully saturated rings. The lowest BCUT2D eigenvalue weighted by Gasteiger charge is -2.40. The molecule has 27 heavy (non-hydrogen) atoms. The highest BCUT2D eigenvalue weighted by atomic mass is 16.2. The molecule has 0 saturated carbocycles. The van der Waals surface area contributed by atoms with Crippen LogP contribution in [0.5, 0.6) is 0 Å². The second kappa shape index (κ2) is 5.90. The third kappa shape index (κ3) is 2.34. The summed E-state index contributed by atoms with van der Waals surface area (Å²) in [5, 5.41) is 7.23. The summed E-state index contributed by atoms with van der Waals surface area (Å²) in [7, 11) is 3.10. The van der Waals surface area contributed by atoms with E-state index in [2.05, 4.69) is 10.2 Å². The van der Waals surface area contributed by atoms with Crippen LogP contribution < -0.4 is 5.56 Å². The molecule has 1 spiro atoms. The Morgan fingerprint density at radius 1 is 1.07 bits per heavy atom. The third-order valence-electron chi connectivity index (χ3n) is 5.70. The number of amides is 4. The first-order valence-corrected chi connectivity index (χ1v) is 8.69. The Bertz CT molecular complexity index is 1020. The zero-order valence-electron chi connectivity index (χ0n) is 15.1. The second-order valence-corrected chi connectivity index (χ2v) is 6.98. The van der Waals surface area contributed by atoms with Crippen molar-refractivity contribution < 1.29 is 14.4 Å². The van der Waals surface area contributed by atoms with Crippen molar-refractivity contribution in [2.45, 2.75) is 18.4 Å². The van der Waals surface area contributed by atoms with E-state index >= 15 is 0 Å². The number of nitrogens with one attached hydrogen (secondary N) is 1. The summed E-state index contributed by atoms with van der Waals surface area (Å²) in [5.74, 6) is -0.528. The van der Waals surface area contributed by atoms with Gasteiger partial charge in [-0.25, -0.2) is 9.89 Å². The maximum atomic E-state index is 13.0. The second-order valence-electron chi connectivity index (χ2n) is 6.98. The van der Waals surface area contributed by atoms with Gasteiger partial charge in [-0.3, -0.25) is 19.3 Å². The molecule has 3 heterocycles. The molecule has 0 aliphatic carbocycles. The quantitative estimate of drug-likeness (QED) is 0.733. The van der Waals surface area contributed by atoms with Crippen molar-refractivity contribution in [1.29, 1.82) is 0 Å². The monoisotopic (exact) mass is 369 g/mol. The number of piperidine rings is 1. The first-order chi connectivity index (χ1) is 12.9. The minimum Gasteiger partial charge on any atom is -0.337 e. The van der Waals surface area contributed by atoms with Crippen LogP contribution in [0.25, 0.3) is 10.8 Å². The fraction of sp³-hybridized carbons (Fsp3) is 0.389. The van der Waals surface area contributed by atoms with Gasteiger partial charge in [-0.05, 0) is 18.9 Å². The van der Waals surface area contributed by atoms with Crippen molar-refractivity contribution in [3.8, 4) is 0 Å². The minimum absolute atomic E-state index is 0.181. The molecule has 0 atom stereocenters. The summed E-state index contributed by atoms with van der Waals surface area (Å²) in [5.41, 5.74) is -1.05. The summed E-state index contributed by atoms with van der Waals surface area (Å²) in [6.45, 7) is 0.649. The largest absolute Gasteiger partial charge is 0.337 e. The van der Waals surface area contributed by atoms with E-state index in [4.69, 9.17) is 0 Å². The lowest BCUT2D eigenvalue weighted by molar-refractivity contribution is -0.134. The van der Waals surface area contributed by atoms with Crippen LogP contribution in [-0.4, -0.2) is 75.5 Å². The van der Waals surface area contributed by atoms with Crippen LogP contribution in [-0.2, 0) is 4.79 Å². The van der Waals surface area contributed by atoms with Crippen LogP contribution in [0.2, 0.25) is 0 Å². The smallest absolute Gasteiger partial charge is 0.327 e. The number of fused-ring (bicyclic) bond motifs is 1. The number of aromatic nitrogens is 2. The number of imide groups is 1. The molecule has 0 bridgehead atoms. The predicted molar refractivity (Wildman–Crippen MR) is 96.2 cm³/mol. The topological polar surface area (TPSA) is 107 Å². The van der Waals surface area contributed by atoms with E-state index in [1.54, 1.807) is 36.2 Å². The Labute approximate surface area is 154 Å². The van der Waals surface area contributed by atoms with Crippen LogP contribution in [0.3, 0.4) is 0 Å². The SMILES string of the molecule is CN1C(=O)N(C)C2(CCN(C(=O)c3n[nH]c(=O)c4ccccc34)CC2)C1=O. The number of likely N-dealkylation sites (tertiary alicyclic amines) is 1. The molecule has 0 unspecified atom stereocenters. The molecule has 9 nitrogen and oxygen atoms in total. The van der Waals surface area contributed by atoms with Gasteiger partial charge in [-0.1, -0.05) is 18.2 Å². The maximum absolute atomic E-state index is 13.0. The van der Waals surface area contributed by atoms with E-state index in [9.17, 15) is 19.2 Å². The van der Waals surface area contributed by atoms with Gasteiger partial charge >= 0.3 is 6.03 Å². The van der Waals surface area contributed by atoms with Crippen LogP contribution in [0.15, 0.2) is 29.1 Å². The lowest BCUT2D eigenvalue weighted by Crippen LogP contribution is -2.56. The number of rotatable bonds is 1. The summed E-state index contributed by atoms with van der Waals surface area (Å²) in [6, 6.07) is 6.49. The van der Waals surface area contributed by atoms with Gasteiger partial charge < -0.3 is 9.80 Å². The molecule has 4 amide bonds. The fourth-order valence-corrected chi connectivity index (χ4v) is 4.01. The summed E-state index contributed by atoms with van der Waals surface area (Å²) < 4.78 is 0. The Morgan fingerprint density at radius 3 is 2.30 bits per heavy atom. The number of aromatic amines is 1. The molecular formula is C18H19N5O4. The van der Waals surface area contributed by atoms with Gasteiger partial charge in [0, 0.05) is 32.6 Å². The molecule has 2 aliphatic heterocycles. The van der Waals surface area contributed by atoms with Crippen molar-refractivity contribution in [3.05, 3.63) is 40.3 Å².